The summed E-state index contributed by atoms with van der Waals surface area (Å²) in [5, 5.41) is 22.6. The monoisotopic (exact) mass is 550 g/mol. The number of likely N-dealkylation sites (N-methyl/N-ethyl adjacent to an activating group) is 1. The first-order chi connectivity index (χ1) is 17.4. The molecule has 0 saturated heterocycles. The number of aliphatic hydroxyl groups is 1. The Morgan fingerprint density at radius 1 is 1.13 bits per heavy atom. The molecule has 0 bridgehead atoms. The minimum Gasteiger partial charge on any atom is -0.505 e. The predicted molar refractivity (Wildman–Crippen MR) is 134 cm³/mol. The molecule has 1 aromatic rings. The van der Waals surface area contributed by atoms with E-state index < -0.39 is 80.1 Å². The van der Waals surface area contributed by atoms with Crippen molar-refractivity contribution >= 4 is 50.4 Å². The van der Waals surface area contributed by atoms with Gasteiger partial charge in [0.1, 0.15) is 0 Å². The maximum Gasteiger partial charge on any atom is 0.235 e. The van der Waals surface area contributed by atoms with Crippen molar-refractivity contribution in [2.24, 2.45) is 29.4 Å². The third-order valence-electron chi connectivity index (χ3n) is 7.81. The summed E-state index contributed by atoms with van der Waals surface area (Å²) in [6.07, 6.45) is 0.846. The van der Waals surface area contributed by atoms with Crippen molar-refractivity contribution in [1.29, 1.82) is 0 Å². The number of phenols is 1. The van der Waals surface area contributed by atoms with Crippen molar-refractivity contribution < 1.29 is 42.6 Å². The zero-order valence-corrected chi connectivity index (χ0v) is 22.3. The molecule has 0 aromatic heterocycles. The van der Waals surface area contributed by atoms with Gasteiger partial charge in [0.2, 0.25) is 15.9 Å². The van der Waals surface area contributed by atoms with E-state index >= 15 is 0 Å². The Labute approximate surface area is 219 Å². The molecule has 0 heterocycles. The lowest BCUT2D eigenvalue weighted by atomic mass is 9.52. The summed E-state index contributed by atoms with van der Waals surface area (Å²) in [6.45, 7) is 0. The fourth-order valence-corrected chi connectivity index (χ4v) is 6.88. The highest BCUT2D eigenvalue weighted by molar-refractivity contribution is 7.92. The summed E-state index contributed by atoms with van der Waals surface area (Å²) in [5.74, 6) is -11.9. The number of Topliss-reactive ketones (excluding diaryl/α,β-unsaturated/α-hetero) is 4. The number of benzene rings is 1. The number of amides is 1. The maximum atomic E-state index is 13.9. The number of sulfonamides is 1. The van der Waals surface area contributed by atoms with Gasteiger partial charge in [0.05, 0.1) is 29.5 Å². The second-order valence-corrected chi connectivity index (χ2v) is 12.5. The van der Waals surface area contributed by atoms with Crippen molar-refractivity contribution in [2.45, 2.75) is 24.5 Å². The number of carbonyl (C=O) groups is 5. The second kappa shape index (κ2) is 8.85. The summed E-state index contributed by atoms with van der Waals surface area (Å²) < 4.78 is 25.9. The number of fused-ring (bicyclic) bond motifs is 3. The van der Waals surface area contributed by atoms with Gasteiger partial charge in [-0.15, -0.1) is 0 Å². The Bertz CT molecular complexity index is 1400. The van der Waals surface area contributed by atoms with Gasteiger partial charge in [-0.1, -0.05) is 0 Å². The van der Waals surface area contributed by atoms with Crippen molar-refractivity contribution in [2.75, 3.05) is 44.1 Å². The van der Waals surface area contributed by atoms with Gasteiger partial charge in [-0.25, -0.2) is 8.42 Å². The number of hydrogen-bond acceptors (Lipinski definition) is 11. The Morgan fingerprint density at radius 2 is 1.74 bits per heavy atom. The van der Waals surface area contributed by atoms with Crippen molar-refractivity contribution in [3.63, 3.8) is 0 Å². The third kappa shape index (κ3) is 3.89. The number of primary amides is 1. The summed E-state index contributed by atoms with van der Waals surface area (Å²) in [4.78, 5) is 69.2. The Hall–Kier alpha value is -3.36. The zero-order chi connectivity index (χ0) is 28.6. The summed E-state index contributed by atoms with van der Waals surface area (Å²) in [5.41, 5.74) is 2.68. The molecule has 4 unspecified atom stereocenters. The van der Waals surface area contributed by atoms with Crippen LogP contribution in [0.4, 0.5) is 11.4 Å². The van der Waals surface area contributed by atoms with E-state index in [0.29, 0.717) is 11.3 Å². The molecule has 14 heteroatoms. The van der Waals surface area contributed by atoms with E-state index in [0.717, 1.165) is 6.26 Å². The van der Waals surface area contributed by atoms with Crippen molar-refractivity contribution in [3.8, 4) is 5.75 Å². The van der Waals surface area contributed by atoms with Crippen molar-refractivity contribution in [1.82, 2.24) is 4.90 Å². The molecule has 4 rings (SSSR count). The molecular weight excluding hydrogens is 520 g/mol. The predicted octanol–water partition coefficient (Wildman–Crippen LogP) is -1.70. The van der Waals surface area contributed by atoms with E-state index in [1.807, 2.05) is 0 Å². The molecule has 5 N–H and O–H groups in total. The number of hydrogen-bond donors (Lipinski definition) is 4. The fourth-order valence-electron chi connectivity index (χ4n) is 6.33. The minimum atomic E-state index is -3.86. The molecule has 3 aliphatic rings. The summed E-state index contributed by atoms with van der Waals surface area (Å²) >= 11 is 0. The van der Waals surface area contributed by atoms with Gasteiger partial charge < -0.3 is 20.8 Å². The first kappa shape index (κ1) is 27.7. The van der Waals surface area contributed by atoms with E-state index in [-0.39, 0.29) is 24.1 Å². The summed E-state index contributed by atoms with van der Waals surface area (Å²) in [7, 11) is 2.47. The van der Waals surface area contributed by atoms with E-state index in [2.05, 4.69) is 4.72 Å². The number of aromatic hydroxyl groups is 1. The van der Waals surface area contributed by atoms with E-state index in [4.69, 9.17) is 5.73 Å². The molecule has 206 valence electrons. The molecule has 2 fully saturated rings. The van der Waals surface area contributed by atoms with Gasteiger partial charge in [-0.2, -0.15) is 0 Å². The van der Waals surface area contributed by atoms with Crippen LogP contribution in [-0.2, 0) is 35.6 Å². The van der Waals surface area contributed by atoms with Gasteiger partial charge in [-0.05, 0) is 44.5 Å². The lowest BCUT2D eigenvalue weighted by molar-refractivity contribution is -0.181. The van der Waals surface area contributed by atoms with Gasteiger partial charge in [-0.3, -0.25) is 33.6 Å². The molecule has 6 atom stereocenters. The van der Waals surface area contributed by atoms with Crippen LogP contribution in [0.5, 0.6) is 5.75 Å². The Balaban J connectivity index is 1.92. The van der Waals surface area contributed by atoms with Crippen LogP contribution < -0.4 is 15.4 Å². The lowest BCUT2D eigenvalue weighted by Crippen LogP contribution is -2.74. The number of nitrogens with two attached hydrogens (primary N) is 1. The molecule has 13 nitrogen and oxygen atoms in total. The highest BCUT2D eigenvalue weighted by atomic mass is 32.2. The van der Waals surface area contributed by atoms with Crippen LogP contribution >= 0.6 is 0 Å². The number of phenolic OH excluding ortho intramolecular Hbond substituents is 1. The molecule has 3 aliphatic carbocycles. The van der Waals surface area contributed by atoms with Crippen LogP contribution in [0.25, 0.3) is 0 Å². The topological polar surface area (TPSA) is 204 Å². The quantitative estimate of drug-likeness (QED) is 0.240. The van der Waals surface area contributed by atoms with Crippen LogP contribution in [0.1, 0.15) is 22.3 Å². The normalized spacial score (nSPS) is 31.0. The van der Waals surface area contributed by atoms with Gasteiger partial charge in [0, 0.05) is 25.7 Å². The molecule has 1 aromatic carbocycles. The first-order valence-electron chi connectivity index (χ1n) is 11.8. The second-order valence-electron chi connectivity index (χ2n) is 10.7. The lowest BCUT2D eigenvalue weighted by Gasteiger charge is -2.52. The largest absolute Gasteiger partial charge is 0.505 e. The molecule has 1 amide bonds. The van der Waals surface area contributed by atoms with Crippen LogP contribution in [0, 0.1) is 23.7 Å². The molecule has 0 radical (unpaired) electrons. The summed E-state index contributed by atoms with van der Waals surface area (Å²) in [6, 6.07) is 0.178. The van der Waals surface area contributed by atoms with Crippen molar-refractivity contribution in [3.05, 3.63) is 17.2 Å². The molecule has 0 spiro atoms. The SMILES string of the molecule is CN(C)c1cc(NS(C)(=O)=O)c(O)c2c1CC1CC3[C@H](N(C)C)C(=O)C(C(N)=O)C(=O)[C@@]3(O)C(=O)C1C2=O. The maximum absolute atomic E-state index is 13.9. The van der Waals surface area contributed by atoms with Crippen LogP contribution in [0.2, 0.25) is 0 Å². The third-order valence-corrected chi connectivity index (χ3v) is 8.41. The number of rotatable bonds is 5. The molecular formula is C24H30N4O9S. The number of nitrogens with zero attached hydrogens (tertiary/aromatic N) is 2. The molecule has 38 heavy (non-hydrogen) atoms. The Kier molecular flexibility index (Phi) is 6.44. The standard InChI is InChI=1S/C24H30N4O9S/c1-27(2)13-8-12(26-38(5,36)37)18(29)15-10(13)6-9-7-11-17(28(3)4)20(31)16(23(25)34)22(33)24(11,35)21(32)14(9)19(15)30/h8-9,11,14,16-17,26,29,35H,6-7H2,1-5H3,(H2,25,34)/t9?,11?,14?,16?,17-,24-/m0/s1. The molecule has 0 aliphatic heterocycles. The van der Waals surface area contributed by atoms with Gasteiger partial charge in [0.25, 0.3) is 0 Å². The van der Waals surface area contributed by atoms with E-state index in [1.165, 1.54) is 25.1 Å². The minimum absolute atomic E-state index is 0.0616. The number of anilines is 2. The average Bonchev–Trinajstić information content (AvgIpc) is 2.76. The highest BCUT2D eigenvalue weighted by Crippen LogP contribution is 2.52. The average molecular weight is 551 g/mol. The highest BCUT2D eigenvalue weighted by Gasteiger charge is 2.69. The van der Waals surface area contributed by atoms with E-state index in [1.54, 1.807) is 19.0 Å². The smallest absolute Gasteiger partial charge is 0.235 e. The van der Waals surface area contributed by atoms with Gasteiger partial charge in [0.15, 0.2) is 40.4 Å². The van der Waals surface area contributed by atoms with E-state index in [9.17, 15) is 42.6 Å². The zero-order valence-electron chi connectivity index (χ0n) is 21.5. The van der Waals surface area contributed by atoms with Crippen LogP contribution in [0.3, 0.4) is 0 Å². The van der Waals surface area contributed by atoms with Crippen LogP contribution in [-0.4, -0.2) is 98.7 Å². The first-order valence-corrected chi connectivity index (χ1v) is 13.7. The number of ketones is 4. The number of nitrogens with one attached hydrogen (secondary N) is 1. The van der Waals surface area contributed by atoms with Crippen LogP contribution in [0.15, 0.2) is 6.07 Å². The fraction of sp³-hybridized carbons (Fsp3) is 0.542. The Morgan fingerprint density at radius 3 is 2.24 bits per heavy atom. The van der Waals surface area contributed by atoms with Gasteiger partial charge >= 0.3 is 0 Å². The number of carbonyl (C=O) groups excluding carboxylic acids is 5. The molecule has 2 saturated carbocycles.